The van der Waals surface area contributed by atoms with Gasteiger partial charge in [-0.3, -0.25) is 0 Å². The van der Waals surface area contributed by atoms with Crippen LogP contribution in [0.3, 0.4) is 0 Å². The van der Waals surface area contributed by atoms with E-state index < -0.39 is 0 Å². The van der Waals surface area contributed by atoms with Crippen LogP contribution >= 0.6 is 0 Å². The van der Waals surface area contributed by atoms with Crippen molar-refractivity contribution in [1.29, 1.82) is 5.26 Å². The van der Waals surface area contributed by atoms with Crippen LogP contribution in [0, 0.1) is 11.3 Å². The number of hydrogen-bond donors (Lipinski definition) is 1. The first-order chi connectivity index (χ1) is 14.5. The van der Waals surface area contributed by atoms with E-state index in [-0.39, 0.29) is 12.3 Å². The van der Waals surface area contributed by atoms with Gasteiger partial charge in [0.2, 0.25) is 6.79 Å². The Labute approximate surface area is 176 Å². The topological polar surface area (TPSA) is 63.5 Å². The van der Waals surface area contributed by atoms with E-state index in [0.29, 0.717) is 18.7 Å². The Morgan fingerprint density at radius 3 is 2.63 bits per heavy atom. The molecule has 5 nitrogen and oxygen atoms in total. The van der Waals surface area contributed by atoms with Crippen LogP contribution in [-0.4, -0.2) is 6.79 Å². The van der Waals surface area contributed by atoms with Gasteiger partial charge in [-0.05, 0) is 66.9 Å². The van der Waals surface area contributed by atoms with Crippen LogP contribution in [0.4, 0.5) is 0 Å². The monoisotopic (exact) mass is 400 g/mol. The van der Waals surface area contributed by atoms with Gasteiger partial charge in [0.05, 0.1) is 11.6 Å². The predicted octanol–water partition coefficient (Wildman–Crippen LogP) is 4.89. The molecule has 0 radical (unpaired) electrons. The molecule has 0 fully saturated rings. The van der Waals surface area contributed by atoms with Crippen LogP contribution in [0.15, 0.2) is 66.7 Å². The van der Waals surface area contributed by atoms with Gasteiger partial charge in [-0.25, -0.2) is 0 Å². The number of rotatable bonds is 7. The van der Waals surface area contributed by atoms with Crippen LogP contribution in [0.5, 0.6) is 17.2 Å². The van der Waals surface area contributed by atoms with Crippen molar-refractivity contribution in [2.24, 2.45) is 0 Å². The first kappa shape index (κ1) is 19.8. The Bertz CT molecular complexity index is 1090. The Kier molecular flexibility index (Phi) is 5.60. The van der Waals surface area contributed by atoms with Gasteiger partial charge in [0, 0.05) is 12.1 Å². The molecule has 0 saturated carbocycles. The molecule has 1 aliphatic heterocycles. The summed E-state index contributed by atoms with van der Waals surface area (Å²) in [4.78, 5) is 0. The lowest BCUT2D eigenvalue weighted by atomic mass is 9.93. The quantitative estimate of drug-likeness (QED) is 0.612. The van der Waals surface area contributed by atoms with E-state index in [1.807, 2.05) is 48.5 Å². The highest BCUT2D eigenvalue weighted by molar-refractivity contribution is 5.46. The third-order valence-corrected chi connectivity index (χ3v) is 5.19. The summed E-state index contributed by atoms with van der Waals surface area (Å²) in [5.74, 6) is 2.38. The highest BCUT2D eigenvalue weighted by Gasteiger charge is 2.23. The molecule has 30 heavy (non-hydrogen) atoms. The fourth-order valence-electron chi connectivity index (χ4n) is 3.35. The highest BCUT2D eigenvalue weighted by atomic mass is 16.7. The van der Waals surface area contributed by atoms with Crippen LogP contribution in [0.2, 0.25) is 0 Å². The molecular weight excluding hydrogens is 376 g/mol. The van der Waals surface area contributed by atoms with Gasteiger partial charge < -0.3 is 19.5 Å². The Morgan fingerprint density at radius 1 is 0.967 bits per heavy atom. The summed E-state index contributed by atoms with van der Waals surface area (Å²) in [6.45, 7) is 5.69. The van der Waals surface area contributed by atoms with Crippen LogP contribution in [-0.2, 0) is 18.7 Å². The molecule has 0 spiro atoms. The van der Waals surface area contributed by atoms with E-state index in [4.69, 9.17) is 19.5 Å². The van der Waals surface area contributed by atoms with E-state index in [0.717, 1.165) is 33.9 Å². The Hall–Kier alpha value is -3.49. The zero-order valence-corrected chi connectivity index (χ0v) is 17.1. The SMILES string of the molecule is CC(C)(NCc1cccc(OCc2cccc(C#N)c2)c1)c1ccc2c(c1)OCO2. The Balaban J connectivity index is 1.38. The summed E-state index contributed by atoms with van der Waals surface area (Å²) in [6, 6.07) is 23.7. The molecule has 3 aromatic carbocycles. The van der Waals surface area contributed by atoms with Gasteiger partial charge >= 0.3 is 0 Å². The van der Waals surface area contributed by atoms with E-state index >= 15 is 0 Å². The molecule has 0 aromatic heterocycles. The molecule has 152 valence electrons. The molecule has 1 heterocycles. The summed E-state index contributed by atoms with van der Waals surface area (Å²) < 4.78 is 16.8. The van der Waals surface area contributed by atoms with E-state index in [2.05, 4.69) is 37.4 Å². The van der Waals surface area contributed by atoms with Crippen molar-refractivity contribution in [3.8, 4) is 23.3 Å². The van der Waals surface area contributed by atoms with Gasteiger partial charge in [-0.15, -0.1) is 0 Å². The first-order valence-corrected chi connectivity index (χ1v) is 9.89. The lowest BCUT2D eigenvalue weighted by Crippen LogP contribution is -2.35. The fourth-order valence-corrected chi connectivity index (χ4v) is 3.35. The van der Waals surface area contributed by atoms with Gasteiger partial charge in [0.15, 0.2) is 11.5 Å². The molecule has 3 aromatic rings. The molecule has 0 bridgehead atoms. The second-order valence-corrected chi connectivity index (χ2v) is 7.79. The summed E-state index contributed by atoms with van der Waals surface area (Å²) in [6.07, 6.45) is 0. The predicted molar refractivity (Wildman–Crippen MR) is 114 cm³/mol. The third kappa shape index (κ3) is 4.56. The third-order valence-electron chi connectivity index (χ3n) is 5.19. The summed E-state index contributed by atoms with van der Waals surface area (Å²) in [5.41, 5.74) is 3.64. The summed E-state index contributed by atoms with van der Waals surface area (Å²) in [7, 11) is 0. The van der Waals surface area contributed by atoms with Crippen molar-refractivity contribution in [2.45, 2.75) is 32.5 Å². The highest BCUT2D eigenvalue weighted by Crippen LogP contribution is 2.35. The average molecular weight is 400 g/mol. The van der Waals surface area contributed by atoms with E-state index in [1.54, 1.807) is 6.07 Å². The zero-order chi connectivity index (χ0) is 21.0. The van der Waals surface area contributed by atoms with Crippen molar-refractivity contribution in [1.82, 2.24) is 5.32 Å². The van der Waals surface area contributed by atoms with Crippen molar-refractivity contribution in [3.05, 3.63) is 89.0 Å². The lowest BCUT2D eigenvalue weighted by Gasteiger charge is -2.27. The minimum Gasteiger partial charge on any atom is -0.489 e. The molecule has 0 amide bonds. The van der Waals surface area contributed by atoms with Gasteiger partial charge in [0.1, 0.15) is 12.4 Å². The molecule has 0 atom stereocenters. The fraction of sp³-hybridized carbons (Fsp3) is 0.240. The van der Waals surface area contributed by atoms with Crippen molar-refractivity contribution in [3.63, 3.8) is 0 Å². The molecule has 4 rings (SSSR count). The smallest absolute Gasteiger partial charge is 0.231 e. The first-order valence-electron chi connectivity index (χ1n) is 9.89. The standard InChI is InChI=1S/C25H24N2O3/c1-25(2,21-9-10-23-24(13-21)30-17-29-23)27-15-19-6-4-8-22(12-19)28-16-20-7-3-5-18(11-20)14-26/h3-13,27H,15-17H2,1-2H3. The molecule has 1 aliphatic rings. The minimum absolute atomic E-state index is 0.241. The molecule has 5 heteroatoms. The normalized spacial score (nSPS) is 12.4. The number of nitrogens with zero attached hydrogens (tertiary/aromatic N) is 1. The van der Waals surface area contributed by atoms with Crippen molar-refractivity contribution >= 4 is 0 Å². The van der Waals surface area contributed by atoms with E-state index in [1.165, 1.54) is 0 Å². The maximum absolute atomic E-state index is 9.03. The zero-order valence-electron chi connectivity index (χ0n) is 17.1. The Morgan fingerprint density at radius 2 is 1.77 bits per heavy atom. The maximum atomic E-state index is 9.03. The molecular formula is C25H24N2O3. The van der Waals surface area contributed by atoms with Gasteiger partial charge in [0.25, 0.3) is 0 Å². The maximum Gasteiger partial charge on any atom is 0.231 e. The largest absolute Gasteiger partial charge is 0.489 e. The summed E-state index contributed by atoms with van der Waals surface area (Å²) in [5, 5.41) is 12.6. The molecule has 0 unspecified atom stereocenters. The number of hydrogen-bond acceptors (Lipinski definition) is 5. The second kappa shape index (κ2) is 8.48. The molecule has 0 aliphatic carbocycles. The van der Waals surface area contributed by atoms with Crippen molar-refractivity contribution < 1.29 is 14.2 Å². The van der Waals surface area contributed by atoms with Gasteiger partial charge in [-0.1, -0.05) is 30.3 Å². The summed E-state index contributed by atoms with van der Waals surface area (Å²) >= 11 is 0. The van der Waals surface area contributed by atoms with Crippen LogP contribution in [0.1, 0.15) is 36.1 Å². The van der Waals surface area contributed by atoms with Crippen LogP contribution in [0.25, 0.3) is 0 Å². The van der Waals surface area contributed by atoms with Gasteiger partial charge in [-0.2, -0.15) is 5.26 Å². The minimum atomic E-state index is -0.241. The van der Waals surface area contributed by atoms with Crippen LogP contribution < -0.4 is 19.5 Å². The lowest BCUT2D eigenvalue weighted by molar-refractivity contribution is 0.174. The second-order valence-electron chi connectivity index (χ2n) is 7.79. The van der Waals surface area contributed by atoms with Crippen molar-refractivity contribution in [2.75, 3.05) is 6.79 Å². The average Bonchev–Trinajstić information content (AvgIpc) is 3.25. The molecule has 0 saturated heterocycles. The molecule has 1 N–H and O–H groups in total. The number of nitriles is 1. The number of fused-ring (bicyclic) bond motifs is 1. The number of ether oxygens (including phenoxy) is 3. The van der Waals surface area contributed by atoms with E-state index in [9.17, 15) is 0 Å². The number of benzene rings is 3. The number of nitrogens with one attached hydrogen (secondary N) is 1.